The first-order chi connectivity index (χ1) is 9.61. The summed E-state index contributed by atoms with van der Waals surface area (Å²) in [4.78, 5) is 11.8. The molecule has 0 heterocycles. The van der Waals surface area contributed by atoms with E-state index >= 15 is 0 Å². The summed E-state index contributed by atoms with van der Waals surface area (Å²) < 4.78 is 23.5. The van der Waals surface area contributed by atoms with Gasteiger partial charge in [0.2, 0.25) is 0 Å². The first kappa shape index (κ1) is 14.3. The largest absolute Gasteiger partial charge is 0.497 e. The first-order valence-corrected chi connectivity index (χ1v) is 6.23. The average molecular weight is 295 g/mol. The molecule has 20 heavy (non-hydrogen) atoms. The van der Waals surface area contributed by atoms with Crippen LogP contribution in [-0.2, 0) is 11.3 Å². The summed E-state index contributed by atoms with van der Waals surface area (Å²) in [5, 5.41) is 0.229. The minimum atomic E-state index is -0.549. The van der Waals surface area contributed by atoms with Gasteiger partial charge in [0.05, 0.1) is 17.7 Å². The molecule has 0 N–H and O–H groups in total. The quantitative estimate of drug-likeness (QED) is 0.804. The van der Waals surface area contributed by atoms with Crippen LogP contribution in [0, 0.1) is 5.82 Å². The molecule has 104 valence electrons. The van der Waals surface area contributed by atoms with Crippen molar-refractivity contribution < 1.29 is 18.7 Å². The van der Waals surface area contributed by atoms with Gasteiger partial charge in [0, 0.05) is 5.56 Å². The van der Waals surface area contributed by atoms with E-state index in [9.17, 15) is 9.18 Å². The van der Waals surface area contributed by atoms with Crippen LogP contribution in [0.4, 0.5) is 4.39 Å². The van der Waals surface area contributed by atoms with Gasteiger partial charge in [0.15, 0.2) is 0 Å². The Kier molecular flexibility index (Phi) is 4.58. The van der Waals surface area contributed by atoms with Crippen LogP contribution in [-0.4, -0.2) is 13.1 Å². The van der Waals surface area contributed by atoms with Gasteiger partial charge in [0.1, 0.15) is 18.2 Å². The predicted molar refractivity (Wildman–Crippen MR) is 73.5 cm³/mol. The Hall–Kier alpha value is -2.07. The molecule has 0 aliphatic rings. The van der Waals surface area contributed by atoms with E-state index in [1.165, 1.54) is 19.2 Å². The van der Waals surface area contributed by atoms with Crippen LogP contribution in [0.5, 0.6) is 5.75 Å². The maximum absolute atomic E-state index is 13.5. The Morgan fingerprint density at radius 1 is 1.20 bits per heavy atom. The number of hydrogen-bond acceptors (Lipinski definition) is 3. The average Bonchev–Trinajstić information content (AvgIpc) is 2.46. The minimum Gasteiger partial charge on any atom is -0.497 e. The van der Waals surface area contributed by atoms with Crippen molar-refractivity contribution in [1.29, 1.82) is 0 Å². The molecule has 0 radical (unpaired) electrons. The number of esters is 1. The number of carbonyl (C=O) groups is 1. The third-order valence-electron chi connectivity index (χ3n) is 2.74. The van der Waals surface area contributed by atoms with E-state index in [-0.39, 0.29) is 17.2 Å². The fraction of sp³-hybridized carbons (Fsp3) is 0.133. The van der Waals surface area contributed by atoms with Crippen LogP contribution in [0.15, 0.2) is 42.5 Å². The zero-order valence-corrected chi connectivity index (χ0v) is 11.5. The molecule has 0 aliphatic heterocycles. The Balaban J connectivity index is 2.04. The number of benzene rings is 2. The van der Waals surface area contributed by atoms with Crippen LogP contribution in [0.1, 0.15) is 15.9 Å². The number of hydrogen-bond donors (Lipinski definition) is 0. The molecule has 3 nitrogen and oxygen atoms in total. The van der Waals surface area contributed by atoms with Crippen molar-refractivity contribution in [2.45, 2.75) is 6.61 Å². The van der Waals surface area contributed by atoms with E-state index < -0.39 is 11.8 Å². The highest BCUT2D eigenvalue weighted by Crippen LogP contribution is 2.20. The lowest BCUT2D eigenvalue weighted by molar-refractivity contribution is 0.0469. The lowest BCUT2D eigenvalue weighted by Gasteiger charge is -2.08. The van der Waals surface area contributed by atoms with Gasteiger partial charge >= 0.3 is 5.97 Å². The Bertz CT molecular complexity index is 591. The molecule has 2 aromatic carbocycles. The third-order valence-corrected chi connectivity index (χ3v) is 3.09. The molecule has 0 fully saturated rings. The maximum atomic E-state index is 13.5. The highest BCUT2D eigenvalue weighted by molar-refractivity contribution is 6.31. The van der Waals surface area contributed by atoms with E-state index in [0.29, 0.717) is 11.3 Å². The smallest absolute Gasteiger partial charge is 0.338 e. The molecular formula is C15H12ClFO3. The summed E-state index contributed by atoms with van der Waals surface area (Å²) in [7, 11) is 1.54. The number of methoxy groups -OCH3 is 1. The van der Waals surface area contributed by atoms with Gasteiger partial charge in [-0.15, -0.1) is 0 Å². The molecule has 2 rings (SSSR count). The highest BCUT2D eigenvalue weighted by atomic mass is 35.5. The zero-order chi connectivity index (χ0) is 14.5. The summed E-state index contributed by atoms with van der Waals surface area (Å²) in [5.41, 5.74) is 0.522. The van der Waals surface area contributed by atoms with Crippen molar-refractivity contribution in [1.82, 2.24) is 0 Å². The standard InChI is InChI=1S/C15H12ClFO3/c1-19-11-7-5-10(6-8-11)15(18)20-9-12-13(16)3-2-4-14(12)17/h2-8H,9H2,1H3. The van der Waals surface area contributed by atoms with Crippen LogP contribution in [0.3, 0.4) is 0 Å². The van der Waals surface area contributed by atoms with Gasteiger partial charge in [0.25, 0.3) is 0 Å². The molecule has 0 saturated heterocycles. The van der Waals surface area contributed by atoms with Crippen LogP contribution in [0.2, 0.25) is 5.02 Å². The molecule has 0 unspecified atom stereocenters. The summed E-state index contributed by atoms with van der Waals surface area (Å²) in [5.74, 6) is -0.411. The van der Waals surface area contributed by atoms with Gasteiger partial charge in [-0.3, -0.25) is 0 Å². The number of carbonyl (C=O) groups excluding carboxylic acids is 1. The van der Waals surface area contributed by atoms with Crippen LogP contribution >= 0.6 is 11.6 Å². The summed E-state index contributed by atoms with van der Waals surface area (Å²) in [6.45, 7) is -0.212. The monoisotopic (exact) mass is 294 g/mol. The van der Waals surface area contributed by atoms with Gasteiger partial charge in [-0.05, 0) is 36.4 Å². The minimum absolute atomic E-state index is 0.163. The number of halogens is 2. The van der Waals surface area contributed by atoms with Gasteiger partial charge in [-0.1, -0.05) is 17.7 Å². The van der Waals surface area contributed by atoms with Crippen LogP contribution in [0.25, 0.3) is 0 Å². The highest BCUT2D eigenvalue weighted by Gasteiger charge is 2.11. The summed E-state index contributed by atoms with van der Waals surface area (Å²) >= 11 is 5.85. The normalized spacial score (nSPS) is 10.2. The van der Waals surface area contributed by atoms with Gasteiger partial charge < -0.3 is 9.47 Å². The Labute approximate surface area is 120 Å². The van der Waals surface area contributed by atoms with Crippen molar-refractivity contribution in [3.05, 3.63) is 64.4 Å². The number of rotatable bonds is 4. The lowest BCUT2D eigenvalue weighted by atomic mass is 10.2. The second kappa shape index (κ2) is 6.39. The van der Waals surface area contributed by atoms with E-state index in [1.54, 1.807) is 30.3 Å². The van der Waals surface area contributed by atoms with Crippen molar-refractivity contribution in [3.8, 4) is 5.75 Å². The maximum Gasteiger partial charge on any atom is 0.338 e. The summed E-state index contributed by atoms with van der Waals surface area (Å²) in [6.07, 6.45) is 0. The molecule has 0 spiro atoms. The molecule has 0 bridgehead atoms. The molecule has 0 aliphatic carbocycles. The second-order valence-electron chi connectivity index (χ2n) is 4.00. The van der Waals surface area contributed by atoms with Crippen molar-refractivity contribution >= 4 is 17.6 Å². The summed E-state index contributed by atoms with van der Waals surface area (Å²) in [6, 6.07) is 10.7. The molecule has 5 heteroatoms. The third kappa shape index (κ3) is 3.27. The molecule has 2 aromatic rings. The zero-order valence-electron chi connectivity index (χ0n) is 10.7. The van der Waals surface area contributed by atoms with Crippen LogP contribution < -0.4 is 4.74 Å². The lowest BCUT2D eigenvalue weighted by Crippen LogP contribution is -2.06. The molecule has 0 aromatic heterocycles. The first-order valence-electron chi connectivity index (χ1n) is 5.86. The van der Waals surface area contributed by atoms with E-state index in [4.69, 9.17) is 21.1 Å². The van der Waals surface area contributed by atoms with E-state index in [1.807, 2.05) is 0 Å². The fourth-order valence-corrected chi connectivity index (χ4v) is 1.84. The Morgan fingerprint density at radius 3 is 2.50 bits per heavy atom. The molecule has 0 saturated carbocycles. The van der Waals surface area contributed by atoms with Gasteiger partial charge in [-0.25, -0.2) is 9.18 Å². The van der Waals surface area contributed by atoms with E-state index in [2.05, 4.69) is 0 Å². The fourth-order valence-electron chi connectivity index (χ4n) is 1.62. The molecule has 0 amide bonds. The molecule has 0 atom stereocenters. The second-order valence-corrected chi connectivity index (χ2v) is 4.41. The van der Waals surface area contributed by atoms with Crippen molar-refractivity contribution in [2.24, 2.45) is 0 Å². The van der Waals surface area contributed by atoms with E-state index in [0.717, 1.165) is 0 Å². The SMILES string of the molecule is COc1ccc(C(=O)OCc2c(F)cccc2Cl)cc1. The predicted octanol–water partition coefficient (Wildman–Crippen LogP) is 3.84. The topological polar surface area (TPSA) is 35.5 Å². The Morgan fingerprint density at radius 2 is 1.90 bits per heavy atom. The van der Waals surface area contributed by atoms with Crippen molar-refractivity contribution in [2.75, 3.05) is 7.11 Å². The molecular weight excluding hydrogens is 283 g/mol. The van der Waals surface area contributed by atoms with Crippen molar-refractivity contribution in [3.63, 3.8) is 0 Å². The number of ether oxygens (including phenoxy) is 2. The van der Waals surface area contributed by atoms with Gasteiger partial charge in [-0.2, -0.15) is 0 Å².